The molecule has 0 aromatic heterocycles. The first-order chi connectivity index (χ1) is 15.1. The first-order valence-corrected chi connectivity index (χ1v) is 10.4. The fourth-order valence-electron chi connectivity index (χ4n) is 2.84. The van der Waals surface area contributed by atoms with E-state index in [2.05, 4.69) is 5.32 Å². The number of nitrogens with one attached hydrogen (secondary N) is 1. The third-order valence-electron chi connectivity index (χ3n) is 4.41. The quantitative estimate of drug-likeness (QED) is 0.461. The molecule has 168 valence electrons. The Bertz CT molecular complexity index is 1100. The normalized spacial score (nSPS) is 15.4. The minimum atomic E-state index is -4.52. The Balaban J connectivity index is 1.63. The van der Waals surface area contributed by atoms with Gasteiger partial charge in [-0.05, 0) is 42.0 Å². The number of thiocarbonyl (C=S) groups is 1. The van der Waals surface area contributed by atoms with Crippen LogP contribution in [0.25, 0.3) is 6.08 Å². The zero-order valence-corrected chi connectivity index (χ0v) is 18.2. The van der Waals surface area contributed by atoms with Crippen LogP contribution in [0.1, 0.15) is 17.5 Å². The van der Waals surface area contributed by atoms with Gasteiger partial charge >= 0.3 is 6.18 Å². The molecule has 1 fully saturated rings. The number of phenolic OH excluding ortho intramolecular Hbond substituents is 1. The summed E-state index contributed by atoms with van der Waals surface area (Å²) in [6.07, 6.45) is -3.08. The maximum atomic E-state index is 12.8. The Kier molecular flexibility index (Phi) is 7.09. The van der Waals surface area contributed by atoms with Crippen molar-refractivity contribution in [2.24, 2.45) is 0 Å². The van der Waals surface area contributed by atoms with Gasteiger partial charge in [-0.1, -0.05) is 36.1 Å². The van der Waals surface area contributed by atoms with E-state index in [1.54, 1.807) is 18.2 Å². The van der Waals surface area contributed by atoms with E-state index in [9.17, 15) is 27.9 Å². The van der Waals surface area contributed by atoms with Gasteiger partial charge in [0.1, 0.15) is 4.32 Å². The van der Waals surface area contributed by atoms with E-state index in [1.807, 2.05) is 0 Å². The van der Waals surface area contributed by atoms with Crippen LogP contribution in [0.2, 0.25) is 0 Å². The molecule has 1 saturated heterocycles. The highest BCUT2D eigenvalue weighted by molar-refractivity contribution is 8.26. The van der Waals surface area contributed by atoms with Crippen molar-refractivity contribution < 1.29 is 32.6 Å². The molecule has 0 unspecified atom stereocenters. The summed E-state index contributed by atoms with van der Waals surface area (Å²) < 4.78 is 43.7. The minimum absolute atomic E-state index is 0.0105. The number of benzene rings is 2. The summed E-state index contributed by atoms with van der Waals surface area (Å²) >= 11 is 6.29. The summed E-state index contributed by atoms with van der Waals surface area (Å²) in [7, 11) is 1.41. The number of phenols is 1. The first kappa shape index (κ1) is 23.6. The molecule has 0 radical (unpaired) electrons. The number of methoxy groups -OCH3 is 1. The Morgan fingerprint density at radius 2 is 2.03 bits per heavy atom. The Hall–Kier alpha value is -3.05. The topological polar surface area (TPSA) is 78.9 Å². The second kappa shape index (κ2) is 9.61. The van der Waals surface area contributed by atoms with E-state index in [0.29, 0.717) is 10.5 Å². The fraction of sp³-hybridized carbons (Fsp3) is 0.190. The van der Waals surface area contributed by atoms with E-state index in [1.165, 1.54) is 30.2 Å². The van der Waals surface area contributed by atoms with Crippen LogP contribution in [0, 0.1) is 0 Å². The van der Waals surface area contributed by atoms with E-state index in [4.69, 9.17) is 17.0 Å². The second-order valence-corrected chi connectivity index (χ2v) is 8.32. The monoisotopic (exact) mass is 482 g/mol. The van der Waals surface area contributed by atoms with Gasteiger partial charge in [-0.3, -0.25) is 14.5 Å². The Labute approximate surface area is 191 Å². The minimum Gasteiger partial charge on any atom is -0.504 e. The third-order valence-corrected chi connectivity index (χ3v) is 5.79. The van der Waals surface area contributed by atoms with E-state index >= 15 is 0 Å². The molecule has 0 atom stereocenters. The predicted molar refractivity (Wildman–Crippen MR) is 119 cm³/mol. The van der Waals surface area contributed by atoms with Crippen LogP contribution in [-0.2, 0) is 15.8 Å². The third kappa shape index (κ3) is 5.60. The van der Waals surface area contributed by atoms with Gasteiger partial charge in [0.2, 0.25) is 5.91 Å². The molecule has 11 heteroatoms. The van der Waals surface area contributed by atoms with Crippen molar-refractivity contribution in [3.8, 4) is 11.5 Å². The van der Waals surface area contributed by atoms with Crippen molar-refractivity contribution in [3.05, 3.63) is 58.5 Å². The summed E-state index contributed by atoms with van der Waals surface area (Å²) in [5, 5.41) is 12.1. The van der Waals surface area contributed by atoms with Gasteiger partial charge in [-0.2, -0.15) is 13.2 Å². The van der Waals surface area contributed by atoms with Crippen molar-refractivity contribution in [1.82, 2.24) is 4.90 Å². The number of thioether (sulfide) groups is 1. The van der Waals surface area contributed by atoms with Crippen molar-refractivity contribution in [2.45, 2.75) is 12.6 Å². The smallest absolute Gasteiger partial charge is 0.416 e. The van der Waals surface area contributed by atoms with E-state index in [0.717, 1.165) is 23.9 Å². The van der Waals surface area contributed by atoms with Crippen molar-refractivity contribution in [3.63, 3.8) is 0 Å². The highest BCUT2D eigenvalue weighted by Gasteiger charge is 2.32. The molecule has 32 heavy (non-hydrogen) atoms. The van der Waals surface area contributed by atoms with Gasteiger partial charge in [-0.15, -0.1) is 0 Å². The number of ether oxygens (including phenoxy) is 1. The number of hydrogen-bond acceptors (Lipinski definition) is 6. The SMILES string of the molecule is COc1cc(/C=C2\SC(=S)N(CCC(=O)Nc3cccc(C(F)(F)F)c3)C2=O)ccc1O. The van der Waals surface area contributed by atoms with Crippen LogP contribution in [0.4, 0.5) is 18.9 Å². The zero-order valence-electron chi connectivity index (χ0n) is 16.6. The number of hydrogen-bond donors (Lipinski definition) is 2. The number of aromatic hydroxyl groups is 1. The molecule has 2 aromatic rings. The molecule has 0 spiro atoms. The zero-order chi connectivity index (χ0) is 23.5. The lowest BCUT2D eigenvalue weighted by Crippen LogP contribution is -2.31. The Morgan fingerprint density at radius 1 is 1.28 bits per heavy atom. The largest absolute Gasteiger partial charge is 0.504 e. The van der Waals surface area contributed by atoms with Gasteiger partial charge in [0.15, 0.2) is 11.5 Å². The van der Waals surface area contributed by atoms with E-state index < -0.39 is 17.6 Å². The molecule has 0 saturated carbocycles. The van der Waals surface area contributed by atoms with Crippen LogP contribution in [0.3, 0.4) is 0 Å². The molecule has 1 aliphatic rings. The molecular formula is C21H17F3N2O4S2. The summed E-state index contributed by atoms with van der Waals surface area (Å²) in [5.41, 5.74) is -0.248. The number of anilines is 1. The van der Waals surface area contributed by atoms with Gasteiger partial charge in [0.25, 0.3) is 5.91 Å². The predicted octanol–water partition coefficient (Wildman–Crippen LogP) is 4.65. The van der Waals surface area contributed by atoms with E-state index in [-0.39, 0.29) is 40.4 Å². The number of nitrogens with zero attached hydrogens (tertiary/aromatic N) is 1. The standard InChI is InChI=1S/C21H17F3N2O4S2/c1-30-16-9-12(5-6-15(16)27)10-17-19(29)26(20(31)32-17)8-7-18(28)25-14-4-2-3-13(11-14)21(22,23)24/h2-6,9-11,27H,7-8H2,1H3,(H,25,28)/b17-10-. The average molecular weight is 483 g/mol. The molecule has 2 amide bonds. The lowest BCUT2D eigenvalue weighted by atomic mass is 10.2. The Morgan fingerprint density at radius 3 is 2.72 bits per heavy atom. The highest BCUT2D eigenvalue weighted by Crippen LogP contribution is 2.34. The van der Waals surface area contributed by atoms with Gasteiger partial charge in [0.05, 0.1) is 17.6 Å². The number of carbonyl (C=O) groups excluding carboxylic acids is 2. The summed E-state index contributed by atoms with van der Waals surface area (Å²) in [6.45, 7) is -0.0221. The second-order valence-electron chi connectivity index (χ2n) is 6.64. The van der Waals surface area contributed by atoms with Crippen molar-refractivity contribution >= 4 is 51.9 Å². The first-order valence-electron chi connectivity index (χ1n) is 9.18. The summed E-state index contributed by atoms with van der Waals surface area (Å²) in [6, 6.07) is 8.89. The molecular weight excluding hydrogens is 465 g/mol. The molecule has 2 aromatic carbocycles. The average Bonchev–Trinajstić information content (AvgIpc) is 3.00. The lowest BCUT2D eigenvalue weighted by Gasteiger charge is -2.14. The number of alkyl halides is 3. The molecule has 1 aliphatic heterocycles. The van der Waals surface area contributed by atoms with Gasteiger partial charge in [-0.25, -0.2) is 0 Å². The van der Waals surface area contributed by atoms with Crippen LogP contribution in [0.5, 0.6) is 11.5 Å². The van der Waals surface area contributed by atoms with Crippen LogP contribution in [0.15, 0.2) is 47.4 Å². The highest BCUT2D eigenvalue weighted by atomic mass is 32.2. The molecule has 6 nitrogen and oxygen atoms in total. The lowest BCUT2D eigenvalue weighted by molar-refractivity contribution is -0.137. The van der Waals surface area contributed by atoms with Crippen LogP contribution >= 0.6 is 24.0 Å². The molecule has 3 rings (SSSR count). The summed E-state index contributed by atoms with van der Waals surface area (Å²) in [5.74, 6) is -0.728. The summed E-state index contributed by atoms with van der Waals surface area (Å²) in [4.78, 5) is 26.5. The number of carbonyl (C=O) groups is 2. The number of rotatable bonds is 6. The van der Waals surface area contributed by atoms with Crippen LogP contribution < -0.4 is 10.1 Å². The van der Waals surface area contributed by atoms with Gasteiger partial charge < -0.3 is 15.2 Å². The fourth-order valence-corrected chi connectivity index (χ4v) is 4.15. The molecule has 0 bridgehead atoms. The van der Waals surface area contributed by atoms with Crippen molar-refractivity contribution in [2.75, 3.05) is 19.0 Å². The molecule has 1 heterocycles. The maximum absolute atomic E-state index is 12.8. The number of amides is 2. The number of halogens is 3. The van der Waals surface area contributed by atoms with Crippen LogP contribution in [-0.4, -0.2) is 39.8 Å². The van der Waals surface area contributed by atoms with Gasteiger partial charge in [0, 0.05) is 18.7 Å². The molecule has 0 aliphatic carbocycles. The maximum Gasteiger partial charge on any atom is 0.416 e. The molecule has 2 N–H and O–H groups in total. The van der Waals surface area contributed by atoms with Crippen molar-refractivity contribution in [1.29, 1.82) is 0 Å².